The average molecular weight is 292 g/mol. The minimum absolute atomic E-state index is 0.279. The van der Waals surface area contributed by atoms with Crippen molar-refractivity contribution < 1.29 is 9.47 Å². The molecule has 0 aromatic heterocycles. The van der Waals surface area contributed by atoms with Gasteiger partial charge in [-0.25, -0.2) is 0 Å². The van der Waals surface area contributed by atoms with Gasteiger partial charge in [-0.05, 0) is 45.0 Å². The molecule has 1 aliphatic rings. The average Bonchev–Trinajstić information content (AvgIpc) is 3.00. The van der Waals surface area contributed by atoms with E-state index in [-0.39, 0.29) is 6.04 Å². The zero-order chi connectivity index (χ0) is 15.2. The fourth-order valence-electron chi connectivity index (χ4n) is 3.00. The van der Waals surface area contributed by atoms with Crippen LogP contribution in [-0.2, 0) is 0 Å². The quantitative estimate of drug-likeness (QED) is 0.838. The van der Waals surface area contributed by atoms with Crippen LogP contribution in [-0.4, -0.2) is 45.3 Å². The summed E-state index contributed by atoms with van der Waals surface area (Å²) in [4.78, 5) is 2.52. The van der Waals surface area contributed by atoms with Crippen molar-refractivity contribution in [2.75, 3.05) is 40.4 Å². The predicted molar refractivity (Wildman–Crippen MR) is 86.2 cm³/mol. The lowest BCUT2D eigenvalue weighted by molar-refractivity contribution is 0.335. The van der Waals surface area contributed by atoms with Crippen LogP contribution in [0.15, 0.2) is 18.2 Å². The Kier molecular flexibility index (Phi) is 5.88. The predicted octanol–water partition coefficient (Wildman–Crippen LogP) is 2.70. The van der Waals surface area contributed by atoms with E-state index in [0.717, 1.165) is 24.0 Å². The van der Waals surface area contributed by atoms with E-state index in [4.69, 9.17) is 9.47 Å². The van der Waals surface area contributed by atoms with E-state index >= 15 is 0 Å². The van der Waals surface area contributed by atoms with Crippen molar-refractivity contribution in [3.8, 4) is 11.5 Å². The molecule has 1 aromatic rings. The summed E-state index contributed by atoms with van der Waals surface area (Å²) < 4.78 is 10.7. The number of nitrogens with zero attached hydrogens (tertiary/aromatic N) is 1. The summed E-state index contributed by atoms with van der Waals surface area (Å²) in [6, 6.07) is 6.30. The van der Waals surface area contributed by atoms with E-state index < -0.39 is 0 Å². The molecule has 118 valence electrons. The summed E-state index contributed by atoms with van der Waals surface area (Å²) in [5.41, 5.74) is 1.18. The highest BCUT2D eigenvalue weighted by Crippen LogP contribution is 2.29. The van der Waals surface area contributed by atoms with Gasteiger partial charge >= 0.3 is 0 Å². The molecule has 1 N–H and O–H groups in total. The Bertz CT molecular complexity index is 450. The molecule has 0 saturated carbocycles. The highest BCUT2D eigenvalue weighted by Gasteiger charge is 2.22. The Morgan fingerprint density at radius 3 is 2.76 bits per heavy atom. The van der Waals surface area contributed by atoms with E-state index in [1.54, 1.807) is 14.2 Å². The van der Waals surface area contributed by atoms with Crippen LogP contribution in [0.5, 0.6) is 11.5 Å². The first-order valence-corrected chi connectivity index (χ1v) is 7.85. The SMILES string of the molecule is CCN1CCC(CNC(C)c2ccc(OC)cc2OC)C1. The number of methoxy groups -OCH3 is 2. The number of hydrogen-bond donors (Lipinski definition) is 1. The van der Waals surface area contributed by atoms with E-state index in [0.29, 0.717) is 0 Å². The summed E-state index contributed by atoms with van der Waals surface area (Å²) in [7, 11) is 3.39. The minimum atomic E-state index is 0.279. The molecule has 1 saturated heterocycles. The molecule has 4 heteroatoms. The van der Waals surface area contributed by atoms with Gasteiger partial charge in [-0.2, -0.15) is 0 Å². The molecule has 1 heterocycles. The van der Waals surface area contributed by atoms with Gasteiger partial charge in [0.25, 0.3) is 0 Å². The first kappa shape index (κ1) is 16.1. The van der Waals surface area contributed by atoms with Gasteiger partial charge in [-0.15, -0.1) is 0 Å². The summed E-state index contributed by atoms with van der Waals surface area (Å²) in [5, 5.41) is 3.65. The van der Waals surface area contributed by atoms with Crippen LogP contribution >= 0.6 is 0 Å². The van der Waals surface area contributed by atoms with Crippen LogP contribution < -0.4 is 14.8 Å². The largest absolute Gasteiger partial charge is 0.497 e. The van der Waals surface area contributed by atoms with E-state index in [9.17, 15) is 0 Å². The van der Waals surface area contributed by atoms with Crippen molar-refractivity contribution in [1.82, 2.24) is 10.2 Å². The van der Waals surface area contributed by atoms with Gasteiger partial charge in [0.15, 0.2) is 0 Å². The molecular formula is C17H28N2O2. The highest BCUT2D eigenvalue weighted by atomic mass is 16.5. The smallest absolute Gasteiger partial charge is 0.127 e. The van der Waals surface area contributed by atoms with Crippen LogP contribution in [0, 0.1) is 5.92 Å². The van der Waals surface area contributed by atoms with E-state index in [1.807, 2.05) is 12.1 Å². The van der Waals surface area contributed by atoms with Gasteiger partial charge in [0.1, 0.15) is 11.5 Å². The fourth-order valence-corrected chi connectivity index (χ4v) is 3.00. The zero-order valence-electron chi connectivity index (χ0n) is 13.7. The van der Waals surface area contributed by atoms with Gasteiger partial charge in [-0.3, -0.25) is 0 Å². The van der Waals surface area contributed by atoms with Gasteiger partial charge in [0.2, 0.25) is 0 Å². The number of benzene rings is 1. The number of rotatable bonds is 7. The van der Waals surface area contributed by atoms with Crippen LogP contribution in [0.2, 0.25) is 0 Å². The van der Waals surface area contributed by atoms with Crippen molar-refractivity contribution in [1.29, 1.82) is 0 Å². The molecule has 1 fully saturated rings. The van der Waals surface area contributed by atoms with E-state index in [2.05, 4.69) is 30.1 Å². The standard InChI is InChI=1S/C17H28N2O2/c1-5-19-9-8-14(12-19)11-18-13(2)16-7-6-15(20-3)10-17(16)21-4/h6-7,10,13-14,18H,5,8-9,11-12H2,1-4H3. The zero-order valence-corrected chi connectivity index (χ0v) is 13.7. The number of likely N-dealkylation sites (tertiary alicyclic amines) is 1. The first-order chi connectivity index (χ1) is 10.2. The lowest BCUT2D eigenvalue weighted by Gasteiger charge is -2.20. The molecule has 0 amide bonds. The molecule has 2 rings (SSSR count). The highest BCUT2D eigenvalue weighted by molar-refractivity contribution is 5.42. The van der Waals surface area contributed by atoms with Gasteiger partial charge in [-0.1, -0.05) is 13.0 Å². The molecule has 4 nitrogen and oxygen atoms in total. The number of hydrogen-bond acceptors (Lipinski definition) is 4. The van der Waals surface area contributed by atoms with Crippen molar-refractivity contribution in [2.24, 2.45) is 5.92 Å². The number of ether oxygens (including phenoxy) is 2. The summed E-state index contributed by atoms with van der Waals surface area (Å²) in [6.45, 7) is 9.11. The Labute approximate surface area is 128 Å². The second kappa shape index (κ2) is 7.66. The van der Waals surface area contributed by atoms with Crippen molar-refractivity contribution in [2.45, 2.75) is 26.3 Å². The first-order valence-electron chi connectivity index (χ1n) is 7.85. The summed E-state index contributed by atoms with van der Waals surface area (Å²) >= 11 is 0. The Hall–Kier alpha value is -1.26. The van der Waals surface area contributed by atoms with E-state index in [1.165, 1.54) is 31.6 Å². The molecule has 0 radical (unpaired) electrons. The maximum absolute atomic E-state index is 5.49. The van der Waals surface area contributed by atoms with Gasteiger partial charge in [0, 0.05) is 24.2 Å². The van der Waals surface area contributed by atoms with Crippen LogP contribution in [0.4, 0.5) is 0 Å². The van der Waals surface area contributed by atoms with Crippen molar-refractivity contribution in [3.05, 3.63) is 23.8 Å². The summed E-state index contributed by atoms with van der Waals surface area (Å²) in [6.07, 6.45) is 1.30. The maximum Gasteiger partial charge on any atom is 0.127 e. The normalized spacial score (nSPS) is 20.5. The summed E-state index contributed by atoms with van der Waals surface area (Å²) in [5.74, 6) is 2.48. The lowest BCUT2D eigenvalue weighted by Crippen LogP contribution is -2.28. The molecule has 0 bridgehead atoms. The van der Waals surface area contributed by atoms with Gasteiger partial charge < -0.3 is 19.7 Å². The van der Waals surface area contributed by atoms with Gasteiger partial charge in [0.05, 0.1) is 14.2 Å². The van der Waals surface area contributed by atoms with Crippen molar-refractivity contribution >= 4 is 0 Å². The maximum atomic E-state index is 5.49. The molecular weight excluding hydrogens is 264 g/mol. The Morgan fingerprint density at radius 2 is 2.14 bits per heavy atom. The molecule has 2 unspecified atom stereocenters. The third-order valence-electron chi connectivity index (χ3n) is 4.44. The monoisotopic (exact) mass is 292 g/mol. The molecule has 0 spiro atoms. The third-order valence-corrected chi connectivity index (χ3v) is 4.44. The second-order valence-electron chi connectivity index (χ2n) is 5.79. The minimum Gasteiger partial charge on any atom is -0.497 e. The molecule has 2 atom stereocenters. The molecule has 1 aliphatic heterocycles. The van der Waals surface area contributed by atoms with Crippen LogP contribution in [0.1, 0.15) is 31.9 Å². The topological polar surface area (TPSA) is 33.7 Å². The molecule has 21 heavy (non-hydrogen) atoms. The lowest BCUT2D eigenvalue weighted by atomic mass is 10.0. The fraction of sp³-hybridized carbons (Fsp3) is 0.647. The van der Waals surface area contributed by atoms with Crippen LogP contribution in [0.25, 0.3) is 0 Å². The number of nitrogens with one attached hydrogen (secondary N) is 1. The Balaban J connectivity index is 1.92. The van der Waals surface area contributed by atoms with Crippen molar-refractivity contribution in [3.63, 3.8) is 0 Å². The molecule has 0 aliphatic carbocycles. The van der Waals surface area contributed by atoms with Crippen LogP contribution in [0.3, 0.4) is 0 Å². The second-order valence-corrected chi connectivity index (χ2v) is 5.79. The Morgan fingerprint density at radius 1 is 1.33 bits per heavy atom. The molecule has 1 aromatic carbocycles. The third kappa shape index (κ3) is 4.11.